The number of carbonyl (C=O) groups excluding carboxylic acids is 2. The number of nitrogens with zero attached hydrogens (tertiary/aromatic N) is 2. The fraction of sp³-hybridized carbons (Fsp3) is 0.276. The number of likely N-dealkylation sites (N-methyl/N-ethyl adjacent to an activating group) is 2. The summed E-state index contributed by atoms with van der Waals surface area (Å²) >= 11 is 3.27. The molecular weight excluding hydrogens is 502 g/mol. The highest BCUT2D eigenvalue weighted by Crippen LogP contribution is 2.26. The van der Waals surface area contributed by atoms with Gasteiger partial charge in [0, 0.05) is 49.2 Å². The summed E-state index contributed by atoms with van der Waals surface area (Å²) in [6.45, 7) is 4.52. The monoisotopic (exact) mass is 537 g/mol. The van der Waals surface area contributed by atoms with Crippen LogP contribution in [0.2, 0.25) is 0 Å². The van der Waals surface area contributed by atoms with E-state index in [-0.39, 0.29) is 12.1 Å². The minimum absolute atomic E-state index is 0.0208. The molecule has 0 saturated carbocycles. The summed E-state index contributed by atoms with van der Waals surface area (Å²) in [4.78, 5) is 28.3. The molecule has 0 aliphatic heterocycles. The first kappa shape index (κ1) is 30.2. The normalized spacial score (nSPS) is 12.6. The summed E-state index contributed by atoms with van der Waals surface area (Å²) in [7, 11) is 5.35. The van der Waals surface area contributed by atoms with Gasteiger partial charge in [-0.15, -0.1) is 11.3 Å². The molecule has 2 unspecified atom stereocenters. The van der Waals surface area contributed by atoms with E-state index in [1.165, 1.54) is 0 Å². The highest BCUT2D eigenvalue weighted by Gasteiger charge is 2.17. The number of ether oxygens (including phenoxy) is 1. The third kappa shape index (κ3) is 9.74. The zero-order valence-electron chi connectivity index (χ0n) is 21.8. The number of carbonyl (C=O) groups is 2. The molecular formula is C29H35N3O3S2. The van der Waals surface area contributed by atoms with E-state index in [0.29, 0.717) is 12.1 Å². The van der Waals surface area contributed by atoms with Gasteiger partial charge in [-0.05, 0) is 60.5 Å². The molecule has 0 amide bonds. The maximum absolute atomic E-state index is 11.4. The van der Waals surface area contributed by atoms with Gasteiger partial charge in [0.15, 0.2) is 0 Å². The van der Waals surface area contributed by atoms with E-state index in [1.807, 2.05) is 66.0 Å². The Labute approximate surface area is 228 Å². The van der Waals surface area contributed by atoms with E-state index in [1.54, 1.807) is 49.7 Å². The molecule has 1 N–H and O–H groups in total. The van der Waals surface area contributed by atoms with Crippen LogP contribution in [0.3, 0.4) is 0 Å². The number of benzene rings is 2. The summed E-state index contributed by atoms with van der Waals surface area (Å²) < 4.78 is 5.12. The van der Waals surface area contributed by atoms with Gasteiger partial charge in [-0.1, -0.05) is 36.9 Å². The first-order chi connectivity index (χ1) is 18.0. The minimum atomic E-state index is -0.188. The number of rotatable bonds is 13. The molecule has 0 radical (unpaired) electrons. The Morgan fingerprint density at radius 2 is 1.92 bits per heavy atom. The van der Waals surface area contributed by atoms with Gasteiger partial charge >= 0.3 is 0 Å². The van der Waals surface area contributed by atoms with E-state index in [4.69, 9.17) is 4.74 Å². The minimum Gasteiger partial charge on any atom is -0.379 e. The van der Waals surface area contributed by atoms with Crippen molar-refractivity contribution in [1.82, 2.24) is 15.2 Å². The molecule has 2 atom stereocenters. The molecule has 8 heteroatoms. The van der Waals surface area contributed by atoms with E-state index >= 15 is 0 Å². The van der Waals surface area contributed by atoms with Crippen LogP contribution in [-0.4, -0.2) is 74.4 Å². The lowest BCUT2D eigenvalue weighted by atomic mass is 9.99. The van der Waals surface area contributed by atoms with E-state index in [2.05, 4.69) is 29.0 Å². The Balaban J connectivity index is 0.000000371. The number of aromatic nitrogens is 1. The molecule has 0 fully saturated rings. The van der Waals surface area contributed by atoms with Gasteiger partial charge in [-0.2, -0.15) is 11.8 Å². The quantitative estimate of drug-likeness (QED) is 0.293. The molecule has 0 aliphatic carbocycles. The first-order valence-corrected chi connectivity index (χ1v) is 14.0. The summed E-state index contributed by atoms with van der Waals surface area (Å²) in [6.07, 6.45) is 9.43. The van der Waals surface area contributed by atoms with Crippen LogP contribution >= 0.6 is 23.1 Å². The van der Waals surface area contributed by atoms with Crippen molar-refractivity contribution in [3.05, 3.63) is 89.0 Å². The lowest BCUT2D eigenvalue weighted by molar-refractivity contribution is -0.112. The predicted molar refractivity (Wildman–Crippen MR) is 158 cm³/mol. The highest BCUT2D eigenvalue weighted by molar-refractivity contribution is 7.98. The molecule has 0 aliphatic rings. The van der Waals surface area contributed by atoms with Gasteiger partial charge in [0.05, 0.1) is 12.1 Å². The van der Waals surface area contributed by atoms with Crippen LogP contribution in [0.25, 0.3) is 22.8 Å². The Kier molecular flexibility index (Phi) is 13.6. The molecule has 1 aromatic heterocycles. The molecule has 1 heterocycles. The van der Waals surface area contributed by atoms with Crippen LogP contribution in [0.4, 0.5) is 0 Å². The van der Waals surface area contributed by atoms with Gasteiger partial charge in [-0.3, -0.25) is 4.79 Å². The standard InChI is InChI=1S/C22H20N2OS.C7H15NO2S/c1-3-24(2)15-21(22-23-9-10-26-22)13-17-11-18(16-25)14-20(12-17)19-7-5-4-6-8-19;1-8-6(4-9)7(10-2)5-11-3/h3-14,16H,1,15H2,2H3;4,6-8H,5H2,1-3H3/b21-13-;. The molecule has 0 spiro atoms. The smallest absolute Gasteiger partial charge is 0.150 e. The summed E-state index contributed by atoms with van der Waals surface area (Å²) in [5.41, 5.74) is 4.84. The maximum atomic E-state index is 11.4. The number of thioether (sulfide) groups is 1. The van der Waals surface area contributed by atoms with Gasteiger partial charge in [-0.25, -0.2) is 4.98 Å². The van der Waals surface area contributed by atoms with Crippen molar-refractivity contribution in [3.8, 4) is 11.1 Å². The number of methoxy groups -OCH3 is 1. The lowest BCUT2D eigenvalue weighted by Gasteiger charge is -2.19. The second-order valence-corrected chi connectivity index (χ2v) is 9.96. The average Bonchev–Trinajstić information content (AvgIpc) is 3.48. The van der Waals surface area contributed by atoms with Crippen LogP contribution in [-0.2, 0) is 9.53 Å². The van der Waals surface area contributed by atoms with Crippen molar-refractivity contribution in [2.24, 2.45) is 0 Å². The molecule has 2 aromatic carbocycles. The second-order valence-electron chi connectivity index (χ2n) is 8.16. The van der Waals surface area contributed by atoms with Gasteiger partial charge in [0.2, 0.25) is 0 Å². The Bertz CT molecular complexity index is 1130. The Morgan fingerprint density at radius 3 is 2.46 bits per heavy atom. The largest absolute Gasteiger partial charge is 0.379 e. The third-order valence-corrected chi connectivity index (χ3v) is 7.02. The number of nitrogens with one attached hydrogen (secondary N) is 1. The number of hydrogen-bond acceptors (Lipinski definition) is 8. The van der Waals surface area contributed by atoms with Gasteiger partial charge in [0.25, 0.3) is 0 Å². The van der Waals surface area contributed by atoms with Gasteiger partial charge < -0.3 is 19.7 Å². The summed E-state index contributed by atoms with van der Waals surface area (Å²) in [6, 6.07) is 15.8. The van der Waals surface area contributed by atoms with Crippen molar-refractivity contribution in [3.63, 3.8) is 0 Å². The summed E-state index contributed by atoms with van der Waals surface area (Å²) in [5, 5.41) is 5.82. The van der Waals surface area contributed by atoms with Crippen molar-refractivity contribution < 1.29 is 14.3 Å². The number of aldehydes is 2. The zero-order chi connectivity index (χ0) is 27.0. The Morgan fingerprint density at radius 1 is 1.19 bits per heavy atom. The average molecular weight is 538 g/mol. The molecule has 0 bridgehead atoms. The topological polar surface area (TPSA) is 71.5 Å². The molecule has 196 valence electrons. The molecule has 6 nitrogen and oxygen atoms in total. The van der Waals surface area contributed by atoms with Crippen LogP contribution in [0.5, 0.6) is 0 Å². The predicted octanol–water partition coefficient (Wildman–Crippen LogP) is 5.39. The summed E-state index contributed by atoms with van der Waals surface area (Å²) in [5.74, 6) is 0.834. The van der Waals surface area contributed by atoms with Crippen LogP contribution in [0, 0.1) is 0 Å². The fourth-order valence-electron chi connectivity index (χ4n) is 3.54. The van der Waals surface area contributed by atoms with Crippen LogP contribution in [0.15, 0.2) is 72.9 Å². The molecule has 3 aromatic rings. The number of thiazole rings is 1. The lowest BCUT2D eigenvalue weighted by Crippen LogP contribution is -2.41. The first-order valence-electron chi connectivity index (χ1n) is 11.7. The van der Waals surface area contributed by atoms with Crippen LogP contribution in [0.1, 0.15) is 20.9 Å². The Hall–Kier alpha value is -3.04. The maximum Gasteiger partial charge on any atom is 0.150 e. The van der Waals surface area contributed by atoms with Crippen LogP contribution < -0.4 is 5.32 Å². The highest BCUT2D eigenvalue weighted by atomic mass is 32.2. The van der Waals surface area contributed by atoms with Crippen molar-refractivity contribution >= 4 is 47.3 Å². The van der Waals surface area contributed by atoms with Crippen molar-refractivity contribution in [2.75, 3.05) is 39.8 Å². The third-order valence-electron chi connectivity index (χ3n) is 5.51. The second kappa shape index (κ2) is 16.7. The fourth-order valence-corrected chi connectivity index (χ4v) is 4.86. The van der Waals surface area contributed by atoms with Crippen molar-refractivity contribution in [2.45, 2.75) is 12.1 Å². The van der Waals surface area contributed by atoms with Crippen molar-refractivity contribution in [1.29, 1.82) is 0 Å². The van der Waals surface area contributed by atoms with E-state index in [0.717, 1.165) is 45.6 Å². The van der Waals surface area contributed by atoms with E-state index < -0.39 is 0 Å². The molecule has 37 heavy (non-hydrogen) atoms. The molecule has 0 saturated heterocycles. The number of hydrogen-bond donors (Lipinski definition) is 1. The molecule has 3 rings (SSSR count). The van der Waals surface area contributed by atoms with Gasteiger partial charge in [0.1, 0.15) is 17.6 Å². The zero-order valence-corrected chi connectivity index (χ0v) is 23.4. The van der Waals surface area contributed by atoms with E-state index in [9.17, 15) is 9.59 Å². The SMILES string of the molecule is C=CN(C)C/C(=C/c1cc(C=O)cc(-c2ccccc2)c1)c1nccs1.CNC(C=O)C(CSC)OC.